The number of rotatable bonds is 6. The summed E-state index contributed by atoms with van der Waals surface area (Å²) in [5, 5.41) is 22.7. The van der Waals surface area contributed by atoms with E-state index in [2.05, 4.69) is 15.5 Å². The highest BCUT2D eigenvalue weighted by molar-refractivity contribution is 7.99. The molecule has 0 aliphatic rings. The molecule has 0 radical (unpaired) electrons. The van der Waals surface area contributed by atoms with Crippen LogP contribution in [0.5, 0.6) is 5.75 Å². The number of benzene rings is 3. The molecule has 4 rings (SSSR count). The SMILES string of the molecule is O=C(CSc1nnc(-c2ccccc2O)n1-c1ccccc1)Nc1cccc(Cl)c1. The minimum absolute atomic E-state index is 0.109. The molecule has 0 spiro atoms. The maximum Gasteiger partial charge on any atom is 0.234 e. The summed E-state index contributed by atoms with van der Waals surface area (Å²) in [6.07, 6.45) is 0. The van der Waals surface area contributed by atoms with Crippen LogP contribution in [0.15, 0.2) is 84.0 Å². The Morgan fingerprint density at radius 3 is 2.53 bits per heavy atom. The van der Waals surface area contributed by atoms with E-state index in [-0.39, 0.29) is 17.4 Å². The molecule has 3 aromatic carbocycles. The molecular formula is C22H17ClN4O2S. The first-order chi connectivity index (χ1) is 14.6. The first-order valence-corrected chi connectivity index (χ1v) is 10.5. The van der Waals surface area contributed by atoms with Crippen molar-refractivity contribution in [3.63, 3.8) is 0 Å². The van der Waals surface area contributed by atoms with Crippen LogP contribution in [-0.2, 0) is 4.79 Å². The van der Waals surface area contributed by atoms with Gasteiger partial charge in [0.1, 0.15) is 5.75 Å². The second-order valence-electron chi connectivity index (χ2n) is 6.34. The molecular weight excluding hydrogens is 420 g/mol. The Morgan fingerprint density at radius 1 is 1.00 bits per heavy atom. The second kappa shape index (κ2) is 9.02. The molecule has 0 unspecified atom stereocenters. The number of hydrogen-bond donors (Lipinski definition) is 2. The highest BCUT2D eigenvalue weighted by Crippen LogP contribution is 2.32. The molecule has 0 fully saturated rings. The zero-order chi connectivity index (χ0) is 20.9. The average molecular weight is 437 g/mol. The van der Waals surface area contributed by atoms with E-state index in [1.165, 1.54) is 11.8 Å². The summed E-state index contributed by atoms with van der Waals surface area (Å²) >= 11 is 7.22. The molecule has 150 valence electrons. The van der Waals surface area contributed by atoms with Crippen LogP contribution >= 0.6 is 23.4 Å². The van der Waals surface area contributed by atoms with Crippen molar-refractivity contribution in [3.05, 3.63) is 83.9 Å². The molecule has 0 saturated carbocycles. The van der Waals surface area contributed by atoms with Crippen LogP contribution in [-0.4, -0.2) is 31.5 Å². The minimum Gasteiger partial charge on any atom is -0.507 e. The van der Waals surface area contributed by atoms with E-state index in [9.17, 15) is 9.90 Å². The fraction of sp³-hybridized carbons (Fsp3) is 0.0455. The molecule has 0 aliphatic heterocycles. The molecule has 30 heavy (non-hydrogen) atoms. The van der Waals surface area contributed by atoms with E-state index < -0.39 is 0 Å². The third-order valence-corrected chi connectivity index (χ3v) is 5.40. The topological polar surface area (TPSA) is 80.0 Å². The molecule has 6 nitrogen and oxygen atoms in total. The summed E-state index contributed by atoms with van der Waals surface area (Å²) in [7, 11) is 0. The van der Waals surface area contributed by atoms with Crippen molar-refractivity contribution >= 4 is 35.0 Å². The normalized spacial score (nSPS) is 10.7. The van der Waals surface area contributed by atoms with Crippen molar-refractivity contribution < 1.29 is 9.90 Å². The number of carbonyl (C=O) groups is 1. The van der Waals surface area contributed by atoms with E-state index >= 15 is 0 Å². The number of phenols is 1. The highest BCUT2D eigenvalue weighted by Gasteiger charge is 2.19. The van der Waals surface area contributed by atoms with E-state index in [1.807, 2.05) is 41.0 Å². The Kier molecular flexibility index (Phi) is 6.02. The van der Waals surface area contributed by atoms with Crippen molar-refractivity contribution in [1.82, 2.24) is 14.8 Å². The standard InChI is InChI=1S/C22H17ClN4O2S/c23-15-7-6-8-16(13-15)24-20(29)14-30-22-26-25-21(18-11-4-5-12-19(18)28)27(22)17-9-2-1-3-10-17/h1-13,28H,14H2,(H,24,29). The van der Waals surface area contributed by atoms with Gasteiger partial charge in [-0.05, 0) is 42.5 Å². The number of aromatic nitrogens is 3. The lowest BCUT2D eigenvalue weighted by Gasteiger charge is -2.11. The van der Waals surface area contributed by atoms with Gasteiger partial charge in [-0.3, -0.25) is 9.36 Å². The number of aromatic hydroxyl groups is 1. The van der Waals surface area contributed by atoms with Gasteiger partial charge < -0.3 is 10.4 Å². The smallest absolute Gasteiger partial charge is 0.234 e. The van der Waals surface area contributed by atoms with Crippen LogP contribution in [0, 0.1) is 0 Å². The molecule has 4 aromatic rings. The molecule has 8 heteroatoms. The van der Waals surface area contributed by atoms with Crippen LogP contribution in [0.1, 0.15) is 0 Å². The number of phenolic OH excluding ortho intramolecular Hbond substituents is 1. The lowest BCUT2D eigenvalue weighted by molar-refractivity contribution is -0.113. The molecule has 1 aromatic heterocycles. The lowest BCUT2D eigenvalue weighted by Crippen LogP contribution is -2.14. The first kappa shape index (κ1) is 20.0. The van der Waals surface area contributed by atoms with Crippen LogP contribution in [0.4, 0.5) is 5.69 Å². The zero-order valence-electron chi connectivity index (χ0n) is 15.7. The number of anilines is 1. The second-order valence-corrected chi connectivity index (χ2v) is 7.72. The molecule has 0 saturated heterocycles. The van der Waals surface area contributed by atoms with Crippen molar-refractivity contribution in [3.8, 4) is 22.8 Å². The summed E-state index contributed by atoms with van der Waals surface area (Å²) in [4.78, 5) is 12.4. The monoisotopic (exact) mass is 436 g/mol. The van der Waals surface area contributed by atoms with E-state index in [4.69, 9.17) is 11.6 Å². The van der Waals surface area contributed by atoms with Gasteiger partial charge in [-0.2, -0.15) is 0 Å². The van der Waals surface area contributed by atoms with Gasteiger partial charge in [0.15, 0.2) is 11.0 Å². The molecule has 0 bridgehead atoms. The van der Waals surface area contributed by atoms with Gasteiger partial charge in [0.2, 0.25) is 5.91 Å². The van der Waals surface area contributed by atoms with Crippen LogP contribution in [0.3, 0.4) is 0 Å². The largest absolute Gasteiger partial charge is 0.507 e. The summed E-state index contributed by atoms with van der Waals surface area (Å²) < 4.78 is 1.83. The van der Waals surface area contributed by atoms with Gasteiger partial charge in [0.25, 0.3) is 0 Å². The minimum atomic E-state index is -0.186. The Hall–Kier alpha value is -3.29. The summed E-state index contributed by atoms with van der Waals surface area (Å²) in [5.41, 5.74) is 2.02. The van der Waals surface area contributed by atoms with Gasteiger partial charge >= 0.3 is 0 Å². The quantitative estimate of drug-likeness (QED) is 0.414. The highest BCUT2D eigenvalue weighted by atomic mass is 35.5. The zero-order valence-corrected chi connectivity index (χ0v) is 17.3. The van der Waals surface area contributed by atoms with Gasteiger partial charge in [0, 0.05) is 16.4 Å². The predicted octanol–water partition coefficient (Wildman–Crippen LogP) is 5.02. The Labute approximate surface area is 182 Å². The Balaban J connectivity index is 1.60. The van der Waals surface area contributed by atoms with E-state index in [0.717, 1.165) is 5.69 Å². The third kappa shape index (κ3) is 4.48. The molecule has 0 atom stereocenters. The van der Waals surface area contributed by atoms with Crippen molar-refractivity contribution in [2.45, 2.75) is 5.16 Å². The number of carbonyl (C=O) groups excluding carboxylic acids is 1. The lowest BCUT2D eigenvalue weighted by atomic mass is 10.2. The van der Waals surface area contributed by atoms with Crippen LogP contribution < -0.4 is 5.32 Å². The fourth-order valence-electron chi connectivity index (χ4n) is 2.90. The van der Waals surface area contributed by atoms with Crippen LogP contribution in [0.25, 0.3) is 17.1 Å². The molecule has 0 aliphatic carbocycles. The van der Waals surface area contributed by atoms with E-state index in [0.29, 0.717) is 27.3 Å². The molecule has 2 N–H and O–H groups in total. The fourth-order valence-corrected chi connectivity index (χ4v) is 3.85. The van der Waals surface area contributed by atoms with Crippen molar-refractivity contribution in [2.75, 3.05) is 11.1 Å². The molecule has 1 heterocycles. The number of thioether (sulfide) groups is 1. The van der Waals surface area contributed by atoms with Gasteiger partial charge in [-0.15, -0.1) is 10.2 Å². The number of halogens is 1. The Morgan fingerprint density at radius 2 is 1.77 bits per heavy atom. The number of hydrogen-bond acceptors (Lipinski definition) is 5. The summed E-state index contributed by atoms with van der Waals surface area (Å²) in [6.45, 7) is 0. The van der Waals surface area contributed by atoms with Crippen molar-refractivity contribution in [2.24, 2.45) is 0 Å². The van der Waals surface area contributed by atoms with Gasteiger partial charge in [0.05, 0.1) is 11.3 Å². The third-order valence-electron chi connectivity index (χ3n) is 4.23. The average Bonchev–Trinajstić information content (AvgIpc) is 3.17. The number of nitrogens with zero attached hydrogens (tertiary/aromatic N) is 3. The maximum atomic E-state index is 12.4. The molecule has 1 amide bonds. The maximum absolute atomic E-state index is 12.4. The number of para-hydroxylation sites is 2. The van der Waals surface area contributed by atoms with E-state index in [1.54, 1.807) is 42.5 Å². The predicted molar refractivity (Wildman–Crippen MR) is 119 cm³/mol. The number of nitrogens with one attached hydrogen (secondary N) is 1. The Bertz CT molecular complexity index is 1180. The van der Waals surface area contributed by atoms with Gasteiger partial charge in [-0.1, -0.05) is 59.8 Å². The first-order valence-electron chi connectivity index (χ1n) is 9.09. The number of amides is 1. The van der Waals surface area contributed by atoms with Crippen molar-refractivity contribution in [1.29, 1.82) is 0 Å². The van der Waals surface area contributed by atoms with Crippen LogP contribution in [0.2, 0.25) is 5.02 Å². The van der Waals surface area contributed by atoms with Gasteiger partial charge in [-0.25, -0.2) is 0 Å². The summed E-state index contributed by atoms with van der Waals surface area (Å²) in [5.74, 6) is 0.557. The summed E-state index contributed by atoms with van der Waals surface area (Å²) in [6, 6.07) is 23.5.